The number of fused-ring (bicyclic) bond motifs is 3. The lowest BCUT2D eigenvalue weighted by Gasteiger charge is -2.33. The van der Waals surface area contributed by atoms with Crippen LogP contribution in [0, 0.1) is 23.7 Å². The number of amides is 2. The number of rotatable bonds is 13. The van der Waals surface area contributed by atoms with Crippen molar-refractivity contribution in [2.45, 2.75) is 84.7 Å². The molecule has 0 saturated carbocycles. The lowest BCUT2D eigenvalue weighted by molar-refractivity contribution is -0.141. The number of carbonyl (C=O) groups is 3. The maximum absolute atomic E-state index is 13.5. The minimum atomic E-state index is -0.817. The summed E-state index contributed by atoms with van der Waals surface area (Å²) in [6.07, 6.45) is 8.56. The number of nitrogens with zero attached hydrogens (tertiary/aromatic N) is 1. The van der Waals surface area contributed by atoms with Crippen LogP contribution in [0.5, 0.6) is 5.75 Å². The van der Waals surface area contributed by atoms with Gasteiger partial charge >= 0.3 is 5.97 Å². The number of aromatic hydroxyl groups is 1. The molecule has 7 heteroatoms. The van der Waals surface area contributed by atoms with E-state index in [1.54, 1.807) is 12.1 Å². The van der Waals surface area contributed by atoms with Crippen molar-refractivity contribution in [3.8, 4) is 5.75 Å². The fourth-order valence-electron chi connectivity index (χ4n) is 6.68. The zero-order valence-corrected chi connectivity index (χ0v) is 23.5. The second kappa shape index (κ2) is 12.9. The molecule has 4 rings (SSSR count). The topological polar surface area (TPSA) is 104 Å². The fraction of sp³-hybridized carbons (Fsp3) is 0.594. The molecule has 2 amide bonds. The number of imide groups is 1. The van der Waals surface area contributed by atoms with Crippen LogP contribution < -0.4 is 0 Å². The Bertz CT molecular complexity index is 1120. The number of carboxylic acids is 1. The molecule has 4 atom stereocenters. The van der Waals surface area contributed by atoms with E-state index in [2.05, 4.69) is 26.8 Å². The highest BCUT2D eigenvalue weighted by Gasteiger charge is 2.56. The molecule has 39 heavy (non-hydrogen) atoms. The van der Waals surface area contributed by atoms with E-state index < -0.39 is 5.97 Å². The van der Waals surface area contributed by atoms with Gasteiger partial charge in [-0.3, -0.25) is 19.3 Å². The highest BCUT2D eigenvalue weighted by Crippen LogP contribution is 2.51. The smallest absolute Gasteiger partial charge is 0.303 e. The van der Waals surface area contributed by atoms with Gasteiger partial charge in [-0.05, 0) is 67.7 Å². The van der Waals surface area contributed by atoms with Crippen molar-refractivity contribution in [3.05, 3.63) is 46.5 Å². The van der Waals surface area contributed by atoms with E-state index in [-0.39, 0.29) is 53.8 Å². The van der Waals surface area contributed by atoms with Gasteiger partial charge in [0.25, 0.3) is 0 Å². The van der Waals surface area contributed by atoms with Gasteiger partial charge in [-0.1, -0.05) is 63.0 Å². The molecule has 0 radical (unpaired) electrons. The maximum atomic E-state index is 13.5. The summed E-state index contributed by atoms with van der Waals surface area (Å²) in [5, 5.41) is 18.5. The summed E-state index contributed by atoms with van der Waals surface area (Å²) in [6, 6.07) is 7.26. The first-order valence-electron chi connectivity index (χ1n) is 14.6. The molecule has 0 spiro atoms. The molecule has 0 unspecified atom stereocenters. The van der Waals surface area contributed by atoms with Gasteiger partial charge in [-0.25, -0.2) is 0 Å². The fourth-order valence-corrected chi connectivity index (χ4v) is 6.68. The average Bonchev–Trinajstić information content (AvgIpc) is 3.42. The summed E-state index contributed by atoms with van der Waals surface area (Å²) in [5.41, 5.74) is 4.96. The van der Waals surface area contributed by atoms with Crippen LogP contribution in [0.1, 0.15) is 84.1 Å². The molecule has 0 aromatic heterocycles. The third-order valence-electron chi connectivity index (χ3n) is 8.57. The minimum absolute atomic E-state index is 0.0404. The lowest BCUT2D eigenvalue weighted by Crippen LogP contribution is -2.35. The van der Waals surface area contributed by atoms with Crippen LogP contribution in [0.2, 0.25) is 0 Å². The van der Waals surface area contributed by atoms with Gasteiger partial charge in [0.1, 0.15) is 5.75 Å². The number of unbranched alkanes of at least 4 members (excludes halogenated alkanes) is 2. The molecule has 1 aromatic carbocycles. The summed E-state index contributed by atoms with van der Waals surface area (Å²) < 4.78 is 6.38. The first-order valence-corrected chi connectivity index (χ1v) is 14.6. The lowest BCUT2D eigenvalue weighted by atomic mass is 9.67. The number of phenols is 1. The Kier molecular flexibility index (Phi) is 9.65. The molecule has 2 heterocycles. The number of allylic oxidation sites excluding steroid dienone is 2. The first kappa shape index (κ1) is 29.1. The first-order chi connectivity index (χ1) is 18.7. The van der Waals surface area contributed by atoms with E-state index >= 15 is 0 Å². The Labute approximate surface area is 231 Å². The molecule has 2 fully saturated rings. The number of phenolic OH excluding ortho intramolecular Hbond substituents is 1. The number of likely N-dealkylation sites (tertiary alicyclic amines) is 1. The van der Waals surface area contributed by atoms with Crippen molar-refractivity contribution in [2.24, 2.45) is 23.7 Å². The van der Waals surface area contributed by atoms with Crippen molar-refractivity contribution < 1.29 is 29.3 Å². The van der Waals surface area contributed by atoms with Gasteiger partial charge in [0, 0.05) is 18.9 Å². The van der Waals surface area contributed by atoms with Crippen LogP contribution in [-0.2, 0) is 19.1 Å². The predicted molar refractivity (Wildman–Crippen MR) is 150 cm³/mol. The van der Waals surface area contributed by atoms with Crippen molar-refractivity contribution in [2.75, 3.05) is 13.2 Å². The van der Waals surface area contributed by atoms with E-state index in [4.69, 9.17) is 9.84 Å². The number of hydrogen-bond acceptors (Lipinski definition) is 5. The normalized spacial score (nSPS) is 25.0. The zero-order chi connectivity index (χ0) is 28.1. The van der Waals surface area contributed by atoms with Gasteiger partial charge in [-0.15, -0.1) is 0 Å². The van der Waals surface area contributed by atoms with Gasteiger partial charge in [0.2, 0.25) is 11.8 Å². The van der Waals surface area contributed by atoms with Crippen molar-refractivity contribution in [1.82, 2.24) is 4.90 Å². The zero-order valence-electron chi connectivity index (χ0n) is 23.5. The number of benzene rings is 1. The summed E-state index contributed by atoms with van der Waals surface area (Å²) in [5.74, 6) is -1.12. The van der Waals surface area contributed by atoms with Crippen molar-refractivity contribution in [1.29, 1.82) is 0 Å². The molecule has 1 aliphatic carbocycles. The SMILES string of the molecule is CCC/C(=C\c1ccc(O)cc1)CC[C@H]1OC[C@H]2C1=C(C(C)C)C[C@H]1C(=O)N(CCCCCC(=O)O)C(=O)[C@H]12. The Morgan fingerprint density at radius 1 is 1.05 bits per heavy atom. The van der Waals surface area contributed by atoms with E-state index in [1.165, 1.54) is 21.6 Å². The van der Waals surface area contributed by atoms with E-state index in [9.17, 15) is 19.5 Å². The van der Waals surface area contributed by atoms with Gasteiger partial charge < -0.3 is 14.9 Å². The summed E-state index contributed by atoms with van der Waals surface area (Å²) >= 11 is 0. The Morgan fingerprint density at radius 2 is 1.79 bits per heavy atom. The Morgan fingerprint density at radius 3 is 2.46 bits per heavy atom. The van der Waals surface area contributed by atoms with E-state index in [1.807, 2.05) is 12.1 Å². The number of aliphatic carboxylic acids is 1. The second-order valence-corrected chi connectivity index (χ2v) is 11.6. The molecular weight excluding hydrogens is 494 g/mol. The van der Waals surface area contributed by atoms with Crippen LogP contribution >= 0.6 is 0 Å². The average molecular weight is 538 g/mol. The molecule has 0 bridgehead atoms. The predicted octanol–water partition coefficient (Wildman–Crippen LogP) is 5.97. The number of hydrogen-bond donors (Lipinski definition) is 2. The van der Waals surface area contributed by atoms with Crippen molar-refractivity contribution >= 4 is 23.9 Å². The van der Waals surface area contributed by atoms with Crippen LogP contribution in [0.4, 0.5) is 0 Å². The molecule has 212 valence electrons. The monoisotopic (exact) mass is 537 g/mol. The van der Waals surface area contributed by atoms with E-state index in [0.717, 1.165) is 31.2 Å². The minimum Gasteiger partial charge on any atom is -0.508 e. The summed E-state index contributed by atoms with van der Waals surface area (Å²) in [6.45, 7) is 7.37. The summed E-state index contributed by atoms with van der Waals surface area (Å²) in [7, 11) is 0. The number of ether oxygens (including phenoxy) is 1. The third kappa shape index (κ3) is 6.63. The Hall–Kier alpha value is -2.93. The van der Waals surface area contributed by atoms with Gasteiger partial charge in [-0.2, -0.15) is 0 Å². The third-order valence-corrected chi connectivity index (χ3v) is 8.57. The number of carboxylic acid groups (broad SMARTS) is 1. The molecule has 3 aliphatic rings. The van der Waals surface area contributed by atoms with Crippen LogP contribution in [0.3, 0.4) is 0 Å². The number of carbonyl (C=O) groups excluding carboxylic acids is 2. The molecule has 7 nitrogen and oxygen atoms in total. The second-order valence-electron chi connectivity index (χ2n) is 11.6. The van der Waals surface area contributed by atoms with Crippen LogP contribution in [0.15, 0.2) is 41.0 Å². The highest BCUT2D eigenvalue weighted by atomic mass is 16.5. The van der Waals surface area contributed by atoms with Crippen LogP contribution in [-0.4, -0.2) is 52.2 Å². The molecule has 1 aromatic rings. The van der Waals surface area contributed by atoms with Crippen molar-refractivity contribution in [3.63, 3.8) is 0 Å². The Balaban J connectivity index is 1.47. The molecule has 2 N–H and O–H groups in total. The van der Waals surface area contributed by atoms with Gasteiger partial charge in [0.05, 0.1) is 24.5 Å². The van der Waals surface area contributed by atoms with Crippen LogP contribution in [0.25, 0.3) is 6.08 Å². The van der Waals surface area contributed by atoms with E-state index in [0.29, 0.717) is 38.8 Å². The largest absolute Gasteiger partial charge is 0.508 e. The standard InChI is InChI=1S/C32H43NO6/c1-4-8-21(17-22-10-13-23(34)14-11-22)12-15-27-29-24(20(2)3)18-25-30(26(29)19-39-27)32(38)33(31(25)37)16-7-5-6-9-28(35)36/h10-11,13-14,17,20,25-27,30,34H,4-9,12,15-16,18-19H2,1-3H3,(H,35,36)/b21-17+/t25-,26+,27-,30-/m1/s1. The quantitative estimate of drug-likeness (QED) is 0.182. The molecular formula is C32H43NO6. The summed E-state index contributed by atoms with van der Waals surface area (Å²) in [4.78, 5) is 39.1. The molecule has 2 saturated heterocycles. The maximum Gasteiger partial charge on any atom is 0.303 e. The van der Waals surface area contributed by atoms with Gasteiger partial charge in [0.15, 0.2) is 0 Å². The molecule has 2 aliphatic heterocycles. The highest BCUT2D eigenvalue weighted by molar-refractivity contribution is 6.06.